The molecule has 0 aliphatic heterocycles. The Hall–Kier alpha value is -0.160. The smallest absolute Gasteiger partial charge is 0.0542 e. The predicted octanol–water partition coefficient (Wildman–Crippen LogP) is 0.0304. The highest BCUT2D eigenvalue weighted by molar-refractivity contribution is 4.78. The van der Waals surface area contributed by atoms with Crippen LogP contribution in [0.15, 0.2) is 0 Å². The van der Waals surface area contributed by atoms with E-state index >= 15 is 0 Å². The molecule has 4 nitrogen and oxygen atoms in total. The average Bonchev–Trinajstić information content (AvgIpc) is 2.06. The molecule has 0 aromatic heterocycles. The van der Waals surface area contributed by atoms with E-state index in [1.54, 1.807) is 14.2 Å². The third kappa shape index (κ3) is 4.57. The number of methoxy groups -OCH3 is 2. The third-order valence-electron chi connectivity index (χ3n) is 2.19. The Morgan fingerprint density at radius 2 is 1.31 bits per heavy atom. The summed E-state index contributed by atoms with van der Waals surface area (Å²) >= 11 is 0. The topological polar surface area (TPSA) is 58.9 Å². The fraction of sp³-hybridized carbons (Fsp3) is 1.00. The van der Waals surface area contributed by atoms with Crippen molar-refractivity contribution in [2.24, 2.45) is 5.41 Å². The lowest BCUT2D eigenvalue weighted by Gasteiger charge is -2.31. The second kappa shape index (κ2) is 7.26. The van der Waals surface area contributed by atoms with Gasteiger partial charge in [0.1, 0.15) is 0 Å². The molecule has 0 bridgehead atoms. The summed E-state index contributed by atoms with van der Waals surface area (Å²) in [5, 5.41) is 17.8. The highest BCUT2D eigenvalue weighted by atomic mass is 16.5. The molecule has 0 saturated heterocycles. The van der Waals surface area contributed by atoms with Crippen LogP contribution in [0, 0.1) is 5.41 Å². The lowest BCUT2D eigenvalue weighted by atomic mass is 9.83. The number of hydrogen-bond acceptors (Lipinski definition) is 4. The van der Waals surface area contributed by atoms with Gasteiger partial charge in [-0.1, -0.05) is 0 Å². The van der Waals surface area contributed by atoms with Gasteiger partial charge in [-0.15, -0.1) is 0 Å². The third-order valence-corrected chi connectivity index (χ3v) is 2.19. The average molecular weight is 192 g/mol. The van der Waals surface area contributed by atoms with Gasteiger partial charge in [-0.2, -0.15) is 0 Å². The summed E-state index contributed by atoms with van der Waals surface area (Å²) in [5.74, 6) is 0. The molecule has 0 aromatic rings. The van der Waals surface area contributed by atoms with Crippen LogP contribution in [0.3, 0.4) is 0 Å². The minimum absolute atomic E-state index is 0.0900. The van der Waals surface area contributed by atoms with Crippen LogP contribution in [-0.2, 0) is 9.47 Å². The number of hydrogen-bond donors (Lipinski definition) is 2. The Morgan fingerprint density at radius 1 is 0.923 bits per heavy atom. The molecule has 0 atom stereocenters. The monoisotopic (exact) mass is 192 g/mol. The van der Waals surface area contributed by atoms with E-state index in [1.165, 1.54) is 0 Å². The molecular weight excluding hydrogens is 172 g/mol. The first-order valence-corrected chi connectivity index (χ1v) is 4.44. The molecule has 80 valence electrons. The van der Waals surface area contributed by atoms with E-state index < -0.39 is 0 Å². The van der Waals surface area contributed by atoms with Gasteiger partial charge in [-0.25, -0.2) is 0 Å². The number of ether oxygens (including phenoxy) is 2. The molecule has 0 spiro atoms. The Balaban J connectivity index is 4.19. The van der Waals surface area contributed by atoms with Crippen LogP contribution in [0.25, 0.3) is 0 Å². The lowest BCUT2D eigenvalue weighted by Crippen LogP contribution is -2.33. The largest absolute Gasteiger partial charge is 0.396 e. The number of aliphatic hydroxyl groups is 2. The van der Waals surface area contributed by atoms with Gasteiger partial charge in [-0.3, -0.25) is 0 Å². The molecule has 0 fully saturated rings. The maximum atomic E-state index is 8.89. The van der Waals surface area contributed by atoms with Gasteiger partial charge >= 0.3 is 0 Å². The van der Waals surface area contributed by atoms with Gasteiger partial charge in [0.2, 0.25) is 0 Å². The second-order valence-corrected chi connectivity index (χ2v) is 3.31. The molecule has 0 rings (SSSR count). The van der Waals surface area contributed by atoms with Crippen molar-refractivity contribution in [1.82, 2.24) is 0 Å². The lowest BCUT2D eigenvalue weighted by molar-refractivity contribution is -0.0195. The van der Waals surface area contributed by atoms with Crippen LogP contribution in [0.2, 0.25) is 0 Å². The zero-order valence-electron chi connectivity index (χ0n) is 8.45. The Morgan fingerprint density at radius 3 is 1.54 bits per heavy atom. The van der Waals surface area contributed by atoms with Crippen molar-refractivity contribution in [2.45, 2.75) is 12.8 Å². The van der Waals surface area contributed by atoms with E-state index in [9.17, 15) is 0 Å². The standard InChI is InChI=1S/C9H20O4/c1-12-7-9(3-5-10,4-6-11)8-13-2/h10-11H,3-8H2,1-2H3. The highest BCUT2D eigenvalue weighted by Crippen LogP contribution is 2.26. The maximum absolute atomic E-state index is 8.89. The summed E-state index contributed by atoms with van der Waals surface area (Å²) in [6.07, 6.45) is 1.18. The van der Waals surface area contributed by atoms with Crippen LogP contribution in [0.1, 0.15) is 12.8 Å². The van der Waals surface area contributed by atoms with Crippen LogP contribution in [0.5, 0.6) is 0 Å². The molecule has 0 amide bonds. The summed E-state index contributed by atoms with van der Waals surface area (Å²) in [5.41, 5.74) is -0.243. The zero-order valence-corrected chi connectivity index (χ0v) is 8.45. The Kier molecular flexibility index (Phi) is 7.17. The summed E-state index contributed by atoms with van der Waals surface area (Å²) in [7, 11) is 3.22. The van der Waals surface area contributed by atoms with Gasteiger partial charge in [0.15, 0.2) is 0 Å². The molecule has 0 aromatic carbocycles. The van der Waals surface area contributed by atoms with E-state index in [1.807, 2.05) is 0 Å². The first-order chi connectivity index (χ1) is 6.24. The molecule has 13 heavy (non-hydrogen) atoms. The predicted molar refractivity (Wildman–Crippen MR) is 49.6 cm³/mol. The van der Waals surface area contributed by atoms with Gasteiger partial charge in [0, 0.05) is 32.8 Å². The molecule has 0 heterocycles. The van der Waals surface area contributed by atoms with E-state index in [-0.39, 0.29) is 18.6 Å². The van der Waals surface area contributed by atoms with Crippen molar-refractivity contribution in [3.8, 4) is 0 Å². The van der Waals surface area contributed by atoms with E-state index in [0.717, 1.165) is 0 Å². The summed E-state index contributed by atoms with van der Waals surface area (Å²) < 4.78 is 10.1. The van der Waals surface area contributed by atoms with Crippen LogP contribution in [-0.4, -0.2) is 50.9 Å². The van der Waals surface area contributed by atoms with Crippen molar-refractivity contribution in [3.05, 3.63) is 0 Å². The highest BCUT2D eigenvalue weighted by Gasteiger charge is 2.29. The van der Waals surface area contributed by atoms with Gasteiger partial charge < -0.3 is 19.7 Å². The second-order valence-electron chi connectivity index (χ2n) is 3.31. The zero-order chi connectivity index (χ0) is 10.2. The number of rotatable bonds is 8. The van der Waals surface area contributed by atoms with Crippen LogP contribution in [0.4, 0.5) is 0 Å². The van der Waals surface area contributed by atoms with Crippen molar-refractivity contribution in [1.29, 1.82) is 0 Å². The molecule has 0 radical (unpaired) electrons. The van der Waals surface area contributed by atoms with Crippen molar-refractivity contribution in [3.63, 3.8) is 0 Å². The maximum Gasteiger partial charge on any atom is 0.0542 e. The quantitative estimate of drug-likeness (QED) is 0.569. The first-order valence-electron chi connectivity index (χ1n) is 4.44. The van der Waals surface area contributed by atoms with Crippen molar-refractivity contribution < 1.29 is 19.7 Å². The molecule has 0 aliphatic rings. The minimum atomic E-state index is -0.243. The fourth-order valence-corrected chi connectivity index (χ4v) is 1.54. The molecule has 2 N–H and O–H groups in total. The molecule has 0 unspecified atom stereocenters. The summed E-state index contributed by atoms with van der Waals surface area (Å²) in [4.78, 5) is 0. The molecule has 0 aliphatic carbocycles. The van der Waals surface area contributed by atoms with Gasteiger partial charge in [0.25, 0.3) is 0 Å². The number of aliphatic hydroxyl groups excluding tert-OH is 2. The van der Waals surface area contributed by atoms with Crippen molar-refractivity contribution >= 4 is 0 Å². The van der Waals surface area contributed by atoms with E-state index in [2.05, 4.69) is 0 Å². The SMILES string of the molecule is COCC(CCO)(CCO)COC. The molecule has 0 saturated carbocycles. The van der Waals surface area contributed by atoms with Crippen LogP contribution >= 0.6 is 0 Å². The Bertz CT molecular complexity index is 86.7. The van der Waals surface area contributed by atoms with Crippen LogP contribution < -0.4 is 0 Å². The fourth-order valence-electron chi connectivity index (χ4n) is 1.54. The van der Waals surface area contributed by atoms with E-state index in [0.29, 0.717) is 26.1 Å². The van der Waals surface area contributed by atoms with E-state index in [4.69, 9.17) is 19.7 Å². The summed E-state index contributed by atoms with van der Waals surface area (Å²) in [6, 6.07) is 0. The molecule has 4 heteroatoms. The first kappa shape index (κ1) is 12.8. The van der Waals surface area contributed by atoms with Gasteiger partial charge in [-0.05, 0) is 12.8 Å². The normalized spacial score (nSPS) is 12.0. The van der Waals surface area contributed by atoms with Gasteiger partial charge in [0.05, 0.1) is 13.2 Å². The minimum Gasteiger partial charge on any atom is -0.396 e. The van der Waals surface area contributed by atoms with Crippen molar-refractivity contribution in [2.75, 3.05) is 40.6 Å². The Labute approximate surface area is 79.5 Å². The summed E-state index contributed by atoms with van der Waals surface area (Å²) in [6.45, 7) is 1.18. The molecular formula is C9H20O4.